The molecule has 0 heterocycles. The Morgan fingerprint density at radius 3 is 2.41 bits per heavy atom. The van der Waals surface area contributed by atoms with Gasteiger partial charge >= 0.3 is 0 Å². The first-order valence-electron chi connectivity index (χ1n) is 8.91. The largest absolute Gasteiger partial charge is 0.491 e. The van der Waals surface area contributed by atoms with Gasteiger partial charge in [0.1, 0.15) is 18.1 Å². The van der Waals surface area contributed by atoms with Gasteiger partial charge in [0.05, 0.1) is 11.7 Å². The van der Waals surface area contributed by atoms with E-state index in [9.17, 15) is 9.59 Å². The Morgan fingerprint density at radius 2 is 1.76 bits per heavy atom. The van der Waals surface area contributed by atoms with Crippen LogP contribution in [0.4, 0.5) is 0 Å². The van der Waals surface area contributed by atoms with Crippen LogP contribution in [0, 0.1) is 0 Å². The van der Waals surface area contributed by atoms with E-state index in [1.54, 1.807) is 54.6 Å². The molecule has 7 nitrogen and oxygen atoms in total. The van der Waals surface area contributed by atoms with E-state index in [-0.39, 0.29) is 17.8 Å². The number of thiocarbonyl (C=S) groups is 1. The van der Waals surface area contributed by atoms with Gasteiger partial charge in [-0.25, -0.2) is 0 Å². The minimum absolute atomic E-state index is 0.0439. The summed E-state index contributed by atoms with van der Waals surface area (Å²) in [5.41, 5.74) is 5.65. The molecule has 3 N–H and O–H groups in total. The number of hydrogen-bond acceptors (Lipinski definition) is 5. The number of hydrazine groups is 1. The summed E-state index contributed by atoms with van der Waals surface area (Å²) in [4.78, 5) is 24.6. The van der Waals surface area contributed by atoms with E-state index in [1.807, 2.05) is 13.8 Å². The molecule has 2 amide bonds. The Balaban J connectivity index is 1.88. The van der Waals surface area contributed by atoms with E-state index in [0.29, 0.717) is 22.6 Å². The maximum atomic E-state index is 12.3. The molecule has 0 aliphatic carbocycles. The highest BCUT2D eigenvalue weighted by molar-refractivity contribution is 7.80. The summed E-state index contributed by atoms with van der Waals surface area (Å²) >= 11 is 5.06. The lowest BCUT2D eigenvalue weighted by Crippen LogP contribution is -2.48. The number of amides is 2. The lowest BCUT2D eigenvalue weighted by molar-refractivity contribution is 0.0931. The number of rotatable bonds is 7. The van der Waals surface area contributed by atoms with Crippen molar-refractivity contribution in [2.45, 2.75) is 20.0 Å². The number of para-hydroxylation sites is 1. The molecule has 0 bridgehead atoms. The molecule has 0 aliphatic heterocycles. The highest BCUT2D eigenvalue weighted by atomic mass is 32.1. The molecule has 0 unspecified atom stereocenters. The molecule has 2 aromatic carbocycles. The van der Waals surface area contributed by atoms with Crippen LogP contribution in [0.15, 0.2) is 61.2 Å². The average Bonchev–Trinajstić information content (AvgIpc) is 2.70. The van der Waals surface area contributed by atoms with Crippen LogP contribution in [0.25, 0.3) is 0 Å². The topological polar surface area (TPSA) is 88.7 Å². The predicted molar refractivity (Wildman–Crippen MR) is 115 cm³/mol. The molecule has 2 rings (SSSR count). The van der Waals surface area contributed by atoms with Crippen molar-refractivity contribution >= 4 is 29.1 Å². The summed E-state index contributed by atoms with van der Waals surface area (Å²) < 4.78 is 11.0. The first kappa shape index (κ1) is 21.9. The van der Waals surface area contributed by atoms with E-state index in [1.165, 1.54) is 0 Å². The molecule has 29 heavy (non-hydrogen) atoms. The van der Waals surface area contributed by atoms with Crippen LogP contribution in [0.2, 0.25) is 0 Å². The van der Waals surface area contributed by atoms with Gasteiger partial charge in [0.25, 0.3) is 11.8 Å². The first-order chi connectivity index (χ1) is 13.9. The van der Waals surface area contributed by atoms with E-state index in [4.69, 9.17) is 21.7 Å². The molecule has 0 atom stereocenters. The van der Waals surface area contributed by atoms with E-state index >= 15 is 0 Å². The van der Waals surface area contributed by atoms with Crippen LogP contribution in [0.3, 0.4) is 0 Å². The zero-order valence-corrected chi connectivity index (χ0v) is 17.0. The van der Waals surface area contributed by atoms with Gasteiger partial charge < -0.3 is 9.47 Å². The van der Waals surface area contributed by atoms with E-state index in [2.05, 4.69) is 22.7 Å². The fourth-order valence-corrected chi connectivity index (χ4v) is 2.42. The fourth-order valence-electron chi connectivity index (χ4n) is 2.27. The highest BCUT2D eigenvalue weighted by Gasteiger charge is 2.13. The molecule has 0 spiro atoms. The number of hydrogen-bond donors (Lipinski definition) is 3. The van der Waals surface area contributed by atoms with Gasteiger partial charge in [0, 0.05) is 5.56 Å². The van der Waals surface area contributed by atoms with Gasteiger partial charge in [-0.2, -0.15) is 0 Å². The summed E-state index contributed by atoms with van der Waals surface area (Å²) in [6, 6.07) is 13.4. The second-order valence-electron chi connectivity index (χ2n) is 6.15. The summed E-state index contributed by atoms with van der Waals surface area (Å²) in [6.45, 7) is 7.69. The maximum Gasteiger partial charge on any atom is 0.273 e. The van der Waals surface area contributed by atoms with Crippen molar-refractivity contribution in [3.63, 3.8) is 0 Å². The molecule has 8 heteroatoms. The summed E-state index contributed by atoms with van der Waals surface area (Å²) in [7, 11) is 0. The summed E-state index contributed by atoms with van der Waals surface area (Å²) in [5, 5.41) is 2.45. The number of carbonyl (C=O) groups excluding carboxylic acids is 2. The van der Waals surface area contributed by atoms with Gasteiger partial charge in [-0.05, 0) is 62.5 Å². The van der Waals surface area contributed by atoms with Gasteiger partial charge in [-0.3, -0.25) is 25.8 Å². The number of benzene rings is 2. The standard InChI is InChI=1S/C21H23N3O4S/c1-4-13-27-18-8-6-5-7-17(18)20(26)23-24-21(29)22-19(25)15-9-11-16(12-10-15)28-14(2)3/h4-12,14H,1,13H2,2-3H3,(H,23,26)(H2,22,24,25,29). The molecule has 0 radical (unpaired) electrons. The van der Waals surface area contributed by atoms with Crippen LogP contribution in [0.5, 0.6) is 11.5 Å². The van der Waals surface area contributed by atoms with Crippen molar-refractivity contribution in [3.05, 3.63) is 72.3 Å². The van der Waals surface area contributed by atoms with Crippen LogP contribution in [0.1, 0.15) is 34.6 Å². The molecule has 0 aromatic heterocycles. The zero-order valence-electron chi connectivity index (χ0n) is 16.2. The number of ether oxygens (including phenoxy) is 2. The zero-order chi connectivity index (χ0) is 21.2. The summed E-state index contributed by atoms with van der Waals surface area (Å²) in [6.07, 6.45) is 1.63. The van der Waals surface area contributed by atoms with Gasteiger partial charge in [0.15, 0.2) is 5.11 Å². The molecule has 0 saturated carbocycles. The second-order valence-corrected chi connectivity index (χ2v) is 6.56. The monoisotopic (exact) mass is 413 g/mol. The second kappa shape index (κ2) is 10.8. The van der Waals surface area contributed by atoms with Crippen LogP contribution in [-0.4, -0.2) is 29.6 Å². The van der Waals surface area contributed by atoms with Crippen LogP contribution in [-0.2, 0) is 0 Å². The SMILES string of the molecule is C=CCOc1ccccc1C(=O)NNC(=S)NC(=O)c1ccc(OC(C)C)cc1. The highest BCUT2D eigenvalue weighted by Crippen LogP contribution is 2.17. The predicted octanol–water partition coefficient (Wildman–Crippen LogP) is 2.99. The van der Waals surface area contributed by atoms with Gasteiger partial charge in [0.2, 0.25) is 0 Å². The van der Waals surface area contributed by atoms with Crippen molar-refractivity contribution in [1.82, 2.24) is 16.2 Å². The van der Waals surface area contributed by atoms with Gasteiger partial charge in [-0.1, -0.05) is 24.8 Å². The third-order valence-corrected chi connectivity index (χ3v) is 3.70. The minimum atomic E-state index is -0.462. The fraction of sp³-hybridized carbons (Fsp3) is 0.190. The van der Waals surface area contributed by atoms with Crippen LogP contribution < -0.4 is 25.6 Å². The molecular formula is C21H23N3O4S. The Hall–Kier alpha value is -3.39. The Kier molecular flexibility index (Phi) is 8.17. The average molecular weight is 413 g/mol. The van der Waals surface area contributed by atoms with Crippen molar-refractivity contribution in [3.8, 4) is 11.5 Å². The Labute approximate surface area is 175 Å². The normalized spacial score (nSPS) is 10.0. The molecular weight excluding hydrogens is 390 g/mol. The van der Waals surface area contributed by atoms with Crippen molar-refractivity contribution < 1.29 is 19.1 Å². The minimum Gasteiger partial charge on any atom is -0.491 e. The third kappa shape index (κ3) is 6.93. The van der Waals surface area contributed by atoms with Gasteiger partial charge in [-0.15, -0.1) is 0 Å². The molecule has 0 aliphatic rings. The smallest absolute Gasteiger partial charge is 0.273 e. The van der Waals surface area contributed by atoms with E-state index < -0.39 is 11.8 Å². The maximum absolute atomic E-state index is 12.3. The molecule has 152 valence electrons. The van der Waals surface area contributed by atoms with Crippen molar-refractivity contribution in [1.29, 1.82) is 0 Å². The molecule has 0 saturated heterocycles. The number of nitrogens with one attached hydrogen (secondary N) is 3. The summed E-state index contributed by atoms with van der Waals surface area (Å²) in [5.74, 6) is 0.200. The van der Waals surface area contributed by atoms with Crippen molar-refractivity contribution in [2.75, 3.05) is 6.61 Å². The first-order valence-corrected chi connectivity index (χ1v) is 9.32. The van der Waals surface area contributed by atoms with Crippen LogP contribution >= 0.6 is 12.2 Å². The Morgan fingerprint density at radius 1 is 1.07 bits per heavy atom. The van der Waals surface area contributed by atoms with E-state index in [0.717, 1.165) is 0 Å². The lowest BCUT2D eigenvalue weighted by Gasteiger charge is -2.13. The van der Waals surface area contributed by atoms with Crippen molar-refractivity contribution in [2.24, 2.45) is 0 Å². The molecule has 2 aromatic rings. The number of carbonyl (C=O) groups is 2. The lowest BCUT2D eigenvalue weighted by atomic mass is 10.2. The third-order valence-electron chi connectivity index (χ3n) is 3.49. The molecule has 0 fully saturated rings. The quantitative estimate of drug-likeness (QED) is 0.367. The Bertz CT molecular complexity index is 882.